The van der Waals surface area contributed by atoms with Gasteiger partial charge in [-0.05, 0) is 65.4 Å². The van der Waals surface area contributed by atoms with Crippen LogP contribution >= 0.6 is 33.9 Å². The van der Waals surface area contributed by atoms with Gasteiger partial charge in [0.15, 0.2) is 11.5 Å². The predicted octanol–water partition coefficient (Wildman–Crippen LogP) is 5.37. The zero-order valence-electron chi connectivity index (χ0n) is 13.7. The molecule has 126 valence electrons. The van der Waals surface area contributed by atoms with Crippen LogP contribution in [0.25, 0.3) is 21.9 Å². The number of para-hydroxylation sites is 1. The first-order valence-corrected chi connectivity index (χ1v) is 9.53. The van der Waals surface area contributed by atoms with Crippen LogP contribution in [0.4, 0.5) is 0 Å². The molecule has 3 aromatic rings. The van der Waals surface area contributed by atoms with Crippen molar-refractivity contribution >= 4 is 55.8 Å². The summed E-state index contributed by atoms with van der Waals surface area (Å²) in [5.74, 6) is 1.38. The highest BCUT2D eigenvalue weighted by atomic mass is 127. The van der Waals surface area contributed by atoms with Crippen LogP contribution in [0.5, 0.6) is 11.5 Å². The fraction of sp³-hybridized carbons (Fsp3) is 0.158. The van der Waals surface area contributed by atoms with Crippen LogP contribution in [-0.2, 0) is 0 Å². The third-order valence-corrected chi connectivity index (χ3v) is 5.37. The number of aromatic nitrogens is 1. The summed E-state index contributed by atoms with van der Waals surface area (Å²) in [7, 11) is 1.61. The Kier molecular flexibility index (Phi) is 5.56. The number of nitriles is 1. The van der Waals surface area contributed by atoms with Gasteiger partial charge < -0.3 is 9.47 Å². The summed E-state index contributed by atoms with van der Waals surface area (Å²) in [6, 6.07) is 14.0. The van der Waals surface area contributed by atoms with Crippen molar-refractivity contribution in [3.8, 4) is 17.6 Å². The summed E-state index contributed by atoms with van der Waals surface area (Å²) in [5.41, 5.74) is 2.31. The molecule has 1 heterocycles. The molecule has 0 saturated carbocycles. The molecule has 0 aliphatic carbocycles. The van der Waals surface area contributed by atoms with Crippen LogP contribution in [0.15, 0.2) is 36.4 Å². The maximum atomic E-state index is 9.59. The molecule has 0 fully saturated rings. The smallest absolute Gasteiger partial charge is 0.174 e. The first kappa shape index (κ1) is 17.7. The number of benzene rings is 2. The fourth-order valence-electron chi connectivity index (χ4n) is 2.40. The molecule has 0 radical (unpaired) electrons. The number of methoxy groups -OCH3 is 1. The minimum Gasteiger partial charge on any atom is -0.493 e. The van der Waals surface area contributed by atoms with Crippen LogP contribution < -0.4 is 9.47 Å². The Morgan fingerprint density at radius 1 is 1.36 bits per heavy atom. The first-order valence-electron chi connectivity index (χ1n) is 7.64. The topological polar surface area (TPSA) is 55.1 Å². The van der Waals surface area contributed by atoms with Crippen molar-refractivity contribution < 1.29 is 9.47 Å². The van der Waals surface area contributed by atoms with E-state index >= 15 is 0 Å². The lowest BCUT2D eigenvalue weighted by Crippen LogP contribution is -1.98. The van der Waals surface area contributed by atoms with Crippen LogP contribution in [0.3, 0.4) is 0 Å². The summed E-state index contributed by atoms with van der Waals surface area (Å²) in [6.45, 7) is 2.50. The molecule has 1 aromatic heterocycles. The predicted molar refractivity (Wildman–Crippen MR) is 110 cm³/mol. The van der Waals surface area contributed by atoms with E-state index in [4.69, 9.17) is 9.47 Å². The molecule has 0 atom stereocenters. The lowest BCUT2D eigenvalue weighted by atomic mass is 10.1. The highest BCUT2D eigenvalue weighted by Crippen LogP contribution is 2.35. The number of allylic oxidation sites excluding steroid dienone is 1. The molecule has 3 rings (SSSR count). The molecule has 0 bridgehead atoms. The lowest BCUT2D eigenvalue weighted by molar-refractivity contribution is 0.308. The van der Waals surface area contributed by atoms with Gasteiger partial charge in [0.25, 0.3) is 0 Å². The van der Waals surface area contributed by atoms with E-state index < -0.39 is 0 Å². The molecule has 6 heteroatoms. The van der Waals surface area contributed by atoms with Gasteiger partial charge in [-0.2, -0.15) is 5.26 Å². The fourth-order valence-corrected chi connectivity index (χ4v) is 4.12. The van der Waals surface area contributed by atoms with E-state index in [1.54, 1.807) is 7.11 Å². The minimum absolute atomic E-state index is 0.531. The molecule has 0 unspecified atom stereocenters. The third-order valence-electron chi connectivity index (χ3n) is 3.50. The van der Waals surface area contributed by atoms with Gasteiger partial charge >= 0.3 is 0 Å². The SMILES string of the molecule is CCOc1c(I)cc(/C=C(\C#N)c2nc3ccccc3s2)cc1OC. The first-order chi connectivity index (χ1) is 12.2. The van der Waals surface area contributed by atoms with Gasteiger partial charge in [0.2, 0.25) is 0 Å². The number of thiazole rings is 1. The molecular formula is C19H15IN2O2S. The maximum absolute atomic E-state index is 9.59. The van der Waals surface area contributed by atoms with E-state index in [0.29, 0.717) is 22.9 Å². The van der Waals surface area contributed by atoms with E-state index in [-0.39, 0.29) is 0 Å². The lowest BCUT2D eigenvalue weighted by Gasteiger charge is -2.12. The average Bonchev–Trinajstić information content (AvgIpc) is 3.05. The van der Waals surface area contributed by atoms with Crippen molar-refractivity contribution in [3.63, 3.8) is 0 Å². The summed E-state index contributed by atoms with van der Waals surface area (Å²) in [5, 5.41) is 10.3. The number of hydrogen-bond acceptors (Lipinski definition) is 5. The van der Waals surface area contributed by atoms with Crippen molar-refractivity contribution in [1.82, 2.24) is 4.98 Å². The molecule has 0 aliphatic heterocycles. The Hall–Kier alpha value is -2.11. The highest BCUT2D eigenvalue weighted by molar-refractivity contribution is 14.1. The molecule has 0 aliphatic rings. The number of ether oxygens (including phenoxy) is 2. The van der Waals surface area contributed by atoms with Gasteiger partial charge in [0.05, 0.1) is 33.1 Å². The molecule has 0 saturated heterocycles. The molecule has 0 N–H and O–H groups in total. The number of rotatable bonds is 5. The van der Waals surface area contributed by atoms with Gasteiger partial charge in [-0.1, -0.05) is 12.1 Å². The number of halogens is 1. The van der Waals surface area contributed by atoms with Crippen LogP contribution in [0.1, 0.15) is 17.5 Å². The summed E-state index contributed by atoms with van der Waals surface area (Å²) in [4.78, 5) is 4.56. The highest BCUT2D eigenvalue weighted by Gasteiger charge is 2.13. The van der Waals surface area contributed by atoms with E-state index in [1.165, 1.54) is 11.3 Å². The monoisotopic (exact) mass is 462 g/mol. The average molecular weight is 462 g/mol. The Balaban J connectivity index is 2.05. The second kappa shape index (κ2) is 7.85. The molecule has 0 amide bonds. The van der Waals surface area contributed by atoms with Gasteiger partial charge in [0.1, 0.15) is 11.1 Å². The van der Waals surface area contributed by atoms with Gasteiger partial charge in [-0.15, -0.1) is 11.3 Å². The molecule has 4 nitrogen and oxygen atoms in total. The molecule has 0 spiro atoms. The minimum atomic E-state index is 0.531. The van der Waals surface area contributed by atoms with Crippen molar-refractivity contribution in [2.24, 2.45) is 0 Å². The van der Waals surface area contributed by atoms with E-state index in [2.05, 4.69) is 33.6 Å². The molecule has 2 aromatic carbocycles. The zero-order valence-corrected chi connectivity index (χ0v) is 16.7. The van der Waals surface area contributed by atoms with Gasteiger partial charge in [-0.3, -0.25) is 0 Å². The van der Waals surface area contributed by atoms with Crippen molar-refractivity contribution in [2.45, 2.75) is 6.92 Å². The number of fused-ring (bicyclic) bond motifs is 1. The summed E-state index contributed by atoms with van der Waals surface area (Å²) in [6.07, 6.45) is 1.83. The van der Waals surface area contributed by atoms with Gasteiger partial charge in [-0.25, -0.2) is 4.98 Å². The Morgan fingerprint density at radius 2 is 2.16 bits per heavy atom. The Bertz CT molecular complexity index is 956. The summed E-state index contributed by atoms with van der Waals surface area (Å²) < 4.78 is 13.1. The van der Waals surface area contributed by atoms with Crippen molar-refractivity contribution in [2.75, 3.05) is 13.7 Å². The van der Waals surface area contributed by atoms with E-state index in [0.717, 1.165) is 25.1 Å². The number of nitrogens with zero attached hydrogens (tertiary/aromatic N) is 2. The van der Waals surface area contributed by atoms with Crippen LogP contribution in [-0.4, -0.2) is 18.7 Å². The van der Waals surface area contributed by atoms with Crippen LogP contribution in [0, 0.1) is 14.9 Å². The van der Waals surface area contributed by atoms with Crippen LogP contribution in [0.2, 0.25) is 0 Å². The maximum Gasteiger partial charge on any atom is 0.174 e. The molecular weight excluding hydrogens is 447 g/mol. The standard InChI is InChI=1S/C19H15IN2O2S/c1-3-24-18-14(20)9-12(10-16(18)23-2)8-13(11-21)19-22-15-6-4-5-7-17(15)25-19/h4-10H,3H2,1-2H3/b13-8+. The largest absolute Gasteiger partial charge is 0.493 e. The normalized spacial score (nSPS) is 11.4. The summed E-state index contributed by atoms with van der Waals surface area (Å²) >= 11 is 3.73. The van der Waals surface area contributed by atoms with Crippen molar-refractivity contribution in [1.29, 1.82) is 5.26 Å². The third kappa shape index (κ3) is 3.78. The second-order valence-corrected chi connectivity index (χ2v) is 7.32. The quantitative estimate of drug-likeness (QED) is 0.378. The van der Waals surface area contributed by atoms with Crippen molar-refractivity contribution in [3.05, 3.63) is 50.5 Å². The number of hydrogen-bond donors (Lipinski definition) is 0. The zero-order chi connectivity index (χ0) is 17.8. The second-order valence-electron chi connectivity index (χ2n) is 5.12. The van der Waals surface area contributed by atoms with E-state index in [9.17, 15) is 5.26 Å². The Morgan fingerprint density at radius 3 is 2.84 bits per heavy atom. The molecule has 25 heavy (non-hydrogen) atoms. The van der Waals surface area contributed by atoms with Gasteiger partial charge in [0, 0.05) is 0 Å². The van der Waals surface area contributed by atoms with E-state index in [1.807, 2.05) is 49.4 Å². The Labute approximate surface area is 163 Å².